The minimum absolute atomic E-state index is 0.0731. The van der Waals surface area contributed by atoms with Crippen LogP contribution in [0.4, 0.5) is 5.69 Å². The van der Waals surface area contributed by atoms with E-state index in [1.807, 2.05) is 0 Å². The summed E-state index contributed by atoms with van der Waals surface area (Å²) in [5.41, 5.74) is 1.67. The number of oxazole rings is 1. The standard InChI is InChI=1S/C17H22N2O5/c1-11(23-10-13-5-3-4-8-22-13)16(20)18-12-6-7-14-15(9-12)24-17(21)19(14)2/h6-7,9,11,13H,3-5,8,10H2,1-2H3,(H,18,20)/t11-,13-/m1/s1. The Morgan fingerprint density at radius 2 is 2.29 bits per heavy atom. The average molecular weight is 334 g/mol. The fourth-order valence-corrected chi connectivity index (χ4v) is 2.72. The molecule has 24 heavy (non-hydrogen) atoms. The van der Waals surface area contributed by atoms with Crippen LogP contribution in [0, 0.1) is 0 Å². The van der Waals surface area contributed by atoms with Crippen LogP contribution in [-0.4, -0.2) is 35.9 Å². The van der Waals surface area contributed by atoms with Crippen LogP contribution in [0.5, 0.6) is 0 Å². The summed E-state index contributed by atoms with van der Waals surface area (Å²) in [6.45, 7) is 2.89. The van der Waals surface area contributed by atoms with Gasteiger partial charge in [-0.15, -0.1) is 0 Å². The van der Waals surface area contributed by atoms with Crippen molar-refractivity contribution in [2.24, 2.45) is 7.05 Å². The summed E-state index contributed by atoms with van der Waals surface area (Å²) in [4.78, 5) is 23.7. The molecule has 1 aromatic carbocycles. The predicted octanol–water partition coefficient (Wildman–Crippen LogP) is 2.04. The van der Waals surface area contributed by atoms with Crippen molar-refractivity contribution >= 4 is 22.7 Å². The molecule has 1 aliphatic heterocycles. The molecule has 0 saturated carbocycles. The molecule has 1 aromatic heterocycles. The lowest BCUT2D eigenvalue weighted by Crippen LogP contribution is -2.32. The largest absolute Gasteiger partial charge is 0.419 e. The van der Waals surface area contributed by atoms with E-state index >= 15 is 0 Å². The number of anilines is 1. The molecule has 2 aromatic rings. The van der Waals surface area contributed by atoms with Crippen molar-refractivity contribution in [1.82, 2.24) is 4.57 Å². The van der Waals surface area contributed by atoms with E-state index in [9.17, 15) is 9.59 Å². The van der Waals surface area contributed by atoms with Crippen LogP contribution in [0.3, 0.4) is 0 Å². The molecular weight excluding hydrogens is 312 g/mol. The van der Waals surface area contributed by atoms with E-state index in [1.54, 1.807) is 32.2 Å². The lowest BCUT2D eigenvalue weighted by molar-refractivity contribution is -0.130. The van der Waals surface area contributed by atoms with Crippen LogP contribution in [0.1, 0.15) is 26.2 Å². The van der Waals surface area contributed by atoms with Gasteiger partial charge in [0.2, 0.25) is 0 Å². The van der Waals surface area contributed by atoms with Crippen molar-refractivity contribution in [3.05, 3.63) is 28.7 Å². The number of benzene rings is 1. The number of hydrogen-bond donors (Lipinski definition) is 1. The number of amides is 1. The van der Waals surface area contributed by atoms with Gasteiger partial charge in [-0.2, -0.15) is 0 Å². The predicted molar refractivity (Wildman–Crippen MR) is 89.1 cm³/mol. The number of carbonyl (C=O) groups excluding carboxylic acids is 1. The van der Waals surface area contributed by atoms with E-state index < -0.39 is 11.9 Å². The summed E-state index contributed by atoms with van der Waals surface area (Å²) in [5, 5.41) is 2.77. The lowest BCUT2D eigenvalue weighted by atomic mass is 10.1. The smallest absolute Gasteiger partial charge is 0.408 e. The summed E-state index contributed by atoms with van der Waals surface area (Å²) in [5.74, 6) is -0.680. The van der Waals surface area contributed by atoms with Crippen LogP contribution in [0.25, 0.3) is 11.1 Å². The monoisotopic (exact) mass is 334 g/mol. The molecule has 7 nitrogen and oxygen atoms in total. The molecule has 1 amide bonds. The van der Waals surface area contributed by atoms with Crippen molar-refractivity contribution in [3.8, 4) is 0 Å². The number of rotatable bonds is 5. The Morgan fingerprint density at radius 3 is 3.04 bits per heavy atom. The molecule has 0 unspecified atom stereocenters. The van der Waals surface area contributed by atoms with Crippen LogP contribution in [0.15, 0.2) is 27.4 Å². The zero-order valence-electron chi connectivity index (χ0n) is 13.9. The van der Waals surface area contributed by atoms with Gasteiger partial charge in [-0.05, 0) is 38.3 Å². The van der Waals surface area contributed by atoms with Crippen molar-refractivity contribution in [2.75, 3.05) is 18.5 Å². The number of hydrogen-bond acceptors (Lipinski definition) is 5. The molecule has 0 spiro atoms. The van der Waals surface area contributed by atoms with Gasteiger partial charge in [-0.1, -0.05) is 0 Å². The highest BCUT2D eigenvalue weighted by atomic mass is 16.5. The van der Waals surface area contributed by atoms with Gasteiger partial charge in [-0.25, -0.2) is 4.79 Å². The summed E-state index contributed by atoms with van der Waals surface area (Å²) < 4.78 is 17.7. The van der Waals surface area contributed by atoms with Gasteiger partial charge >= 0.3 is 5.76 Å². The summed E-state index contributed by atoms with van der Waals surface area (Å²) >= 11 is 0. The van der Waals surface area contributed by atoms with Gasteiger partial charge in [0.1, 0.15) is 6.10 Å². The fourth-order valence-electron chi connectivity index (χ4n) is 2.72. The number of ether oxygens (including phenoxy) is 2. The summed E-state index contributed by atoms with van der Waals surface area (Å²) in [7, 11) is 1.63. The van der Waals surface area contributed by atoms with Gasteiger partial charge in [0.25, 0.3) is 5.91 Å². The van der Waals surface area contributed by atoms with Crippen molar-refractivity contribution < 1.29 is 18.7 Å². The number of aryl methyl sites for hydroxylation is 1. The van der Waals surface area contributed by atoms with E-state index in [0.717, 1.165) is 25.9 Å². The minimum atomic E-state index is -0.589. The Morgan fingerprint density at radius 1 is 1.46 bits per heavy atom. The molecule has 0 bridgehead atoms. The maximum Gasteiger partial charge on any atom is 0.419 e. The second kappa shape index (κ2) is 7.19. The van der Waals surface area contributed by atoms with E-state index in [2.05, 4.69) is 5.32 Å². The van der Waals surface area contributed by atoms with Gasteiger partial charge in [0.05, 0.1) is 18.2 Å². The van der Waals surface area contributed by atoms with E-state index in [-0.39, 0.29) is 12.0 Å². The molecule has 7 heteroatoms. The SMILES string of the molecule is C[C@@H](OC[C@H]1CCCCO1)C(=O)Nc1ccc2c(c1)oc(=O)n2C. The van der Waals surface area contributed by atoms with Gasteiger partial charge in [-0.3, -0.25) is 9.36 Å². The highest BCUT2D eigenvalue weighted by Crippen LogP contribution is 2.18. The third-order valence-corrected chi connectivity index (χ3v) is 4.24. The second-order valence-corrected chi connectivity index (χ2v) is 6.06. The van der Waals surface area contributed by atoms with Crippen molar-refractivity contribution in [3.63, 3.8) is 0 Å². The molecule has 3 rings (SSSR count). The Labute approximate surface area is 139 Å². The third-order valence-electron chi connectivity index (χ3n) is 4.24. The van der Waals surface area contributed by atoms with Crippen LogP contribution in [-0.2, 0) is 21.3 Å². The van der Waals surface area contributed by atoms with Crippen LogP contribution in [0.2, 0.25) is 0 Å². The van der Waals surface area contributed by atoms with E-state index in [4.69, 9.17) is 13.9 Å². The Balaban J connectivity index is 1.58. The van der Waals surface area contributed by atoms with Gasteiger partial charge in [0.15, 0.2) is 5.58 Å². The molecular formula is C17H22N2O5. The minimum Gasteiger partial charge on any atom is -0.408 e. The molecule has 1 N–H and O–H groups in total. The third kappa shape index (κ3) is 3.68. The quantitative estimate of drug-likeness (QED) is 0.905. The molecule has 0 radical (unpaired) electrons. The van der Waals surface area contributed by atoms with Crippen molar-refractivity contribution in [2.45, 2.75) is 38.4 Å². The first-order valence-corrected chi connectivity index (χ1v) is 8.18. The first kappa shape index (κ1) is 16.7. The molecule has 130 valence electrons. The molecule has 0 aliphatic carbocycles. The zero-order valence-corrected chi connectivity index (χ0v) is 13.9. The zero-order chi connectivity index (χ0) is 17.1. The highest BCUT2D eigenvalue weighted by molar-refractivity contribution is 5.95. The first-order valence-electron chi connectivity index (χ1n) is 8.18. The van der Waals surface area contributed by atoms with Crippen LogP contribution >= 0.6 is 0 Å². The molecule has 2 heterocycles. The number of fused-ring (bicyclic) bond motifs is 1. The Kier molecular flexibility index (Phi) is 5.01. The van der Waals surface area contributed by atoms with Gasteiger partial charge < -0.3 is 19.2 Å². The normalized spacial score (nSPS) is 19.3. The van der Waals surface area contributed by atoms with Crippen LogP contribution < -0.4 is 11.1 Å². The van der Waals surface area contributed by atoms with E-state index in [0.29, 0.717) is 23.4 Å². The topological polar surface area (TPSA) is 82.7 Å². The Bertz CT molecular complexity index is 773. The first-order chi connectivity index (χ1) is 11.5. The molecule has 2 atom stereocenters. The van der Waals surface area contributed by atoms with E-state index in [1.165, 1.54) is 4.57 Å². The maximum atomic E-state index is 12.2. The summed E-state index contributed by atoms with van der Waals surface area (Å²) in [6.07, 6.45) is 2.68. The number of nitrogens with zero attached hydrogens (tertiary/aromatic N) is 1. The summed E-state index contributed by atoms with van der Waals surface area (Å²) in [6, 6.07) is 5.09. The lowest BCUT2D eigenvalue weighted by Gasteiger charge is -2.23. The number of carbonyl (C=O) groups is 1. The number of nitrogens with one attached hydrogen (secondary N) is 1. The Hall–Kier alpha value is -2.12. The molecule has 1 fully saturated rings. The fraction of sp³-hybridized carbons (Fsp3) is 0.529. The second-order valence-electron chi connectivity index (χ2n) is 6.06. The average Bonchev–Trinajstić information content (AvgIpc) is 2.87. The highest BCUT2D eigenvalue weighted by Gasteiger charge is 2.19. The number of aromatic nitrogens is 1. The maximum absolute atomic E-state index is 12.2. The van der Waals surface area contributed by atoms with Crippen molar-refractivity contribution in [1.29, 1.82) is 0 Å². The van der Waals surface area contributed by atoms with Gasteiger partial charge in [0, 0.05) is 25.4 Å². The molecule has 1 aliphatic rings. The molecule has 1 saturated heterocycles.